The third-order valence-electron chi connectivity index (χ3n) is 4.59. The fraction of sp³-hybridized carbons (Fsp3) is 0.471. The van der Waals surface area contributed by atoms with Gasteiger partial charge in [0.2, 0.25) is 0 Å². The monoisotopic (exact) mass is 312 g/mol. The van der Waals surface area contributed by atoms with Gasteiger partial charge in [0.15, 0.2) is 5.96 Å². The number of hydrogen-bond acceptors (Lipinski definition) is 4. The number of piperidine rings is 1. The molecular formula is C17H24N6. The number of hydrogen-bond donors (Lipinski definition) is 1. The molecule has 6 heteroatoms. The van der Waals surface area contributed by atoms with Crippen LogP contribution < -0.4 is 5.73 Å². The molecule has 0 amide bonds. The molecule has 2 aromatic rings. The average Bonchev–Trinajstić information content (AvgIpc) is 2.55. The molecule has 122 valence electrons. The van der Waals surface area contributed by atoms with Crippen LogP contribution in [0.25, 0.3) is 10.9 Å². The zero-order valence-electron chi connectivity index (χ0n) is 14.0. The van der Waals surface area contributed by atoms with E-state index in [-0.39, 0.29) is 0 Å². The van der Waals surface area contributed by atoms with E-state index in [4.69, 9.17) is 5.73 Å². The summed E-state index contributed by atoms with van der Waals surface area (Å²) in [5, 5.41) is 1.05. The first kappa shape index (κ1) is 15.7. The summed E-state index contributed by atoms with van der Waals surface area (Å²) in [6, 6.07) is 8.38. The van der Waals surface area contributed by atoms with Gasteiger partial charge < -0.3 is 15.5 Å². The molecular weight excluding hydrogens is 288 g/mol. The third kappa shape index (κ3) is 3.42. The standard InChI is InChI=1S/C17H24N6/c1-12-14-6-4-5-7-15(14)20-17(19-12)21-16(18)23(3)13-8-10-22(2)11-9-13/h4-7,13H,8-11H2,1-3H3,(H2,18,19,20,21). The molecule has 2 N–H and O–H groups in total. The minimum Gasteiger partial charge on any atom is -0.369 e. The third-order valence-corrected chi connectivity index (χ3v) is 4.59. The topological polar surface area (TPSA) is 70.6 Å². The Morgan fingerprint density at radius 3 is 2.70 bits per heavy atom. The van der Waals surface area contributed by atoms with Gasteiger partial charge in [0.25, 0.3) is 5.95 Å². The SMILES string of the molecule is Cc1nc(N=C(N)N(C)C2CCN(C)CC2)nc2ccccc12. The van der Waals surface area contributed by atoms with Crippen LogP contribution in [0, 0.1) is 6.92 Å². The van der Waals surface area contributed by atoms with Gasteiger partial charge >= 0.3 is 0 Å². The number of aryl methyl sites for hydroxylation is 1. The molecule has 1 aliphatic rings. The number of benzene rings is 1. The van der Waals surface area contributed by atoms with Crippen LogP contribution in [-0.4, -0.2) is 59.0 Å². The maximum atomic E-state index is 6.19. The predicted molar refractivity (Wildman–Crippen MR) is 93.8 cm³/mol. The summed E-state index contributed by atoms with van der Waals surface area (Å²) in [7, 11) is 4.15. The smallest absolute Gasteiger partial charge is 0.253 e. The summed E-state index contributed by atoms with van der Waals surface area (Å²) < 4.78 is 0. The first-order valence-corrected chi connectivity index (χ1v) is 8.03. The summed E-state index contributed by atoms with van der Waals surface area (Å²) in [5.41, 5.74) is 8.01. The molecule has 0 atom stereocenters. The fourth-order valence-electron chi connectivity index (χ4n) is 3.02. The number of para-hydroxylation sites is 1. The Morgan fingerprint density at radius 1 is 1.26 bits per heavy atom. The number of fused-ring (bicyclic) bond motifs is 1. The van der Waals surface area contributed by atoms with Gasteiger partial charge in [0.05, 0.1) is 11.2 Å². The Bertz CT molecular complexity index is 718. The predicted octanol–water partition coefficient (Wildman–Crippen LogP) is 1.91. The van der Waals surface area contributed by atoms with E-state index >= 15 is 0 Å². The van der Waals surface area contributed by atoms with Crippen molar-refractivity contribution in [3.05, 3.63) is 30.0 Å². The maximum Gasteiger partial charge on any atom is 0.253 e. The summed E-state index contributed by atoms with van der Waals surface area (Å²) in [4.78, 5) is 17.8. The molecule has 1 aliphatic heterocycles. The highest BCUT2D eigenvalue weighted by atomic mass is 15.3. The van der Waals surface area contributed by atoms with Crippen LogP contribution in [0.5, 0.6) is 0 Å². The minimum absolute atomic E-state index is 0.427. The van der Waals surface area contributed by atoms with Crippen molar-refractivity contribution in [3.63, 3.8) is 0 Å². The van der Waals surface area contributed by atoms with Crippen molar-refractivity contribution in [2.75, 3.05) is 27.2 Å². The minimum atomic E-state index is 0.427. The van der Waals surface area contributed by atoms with Crippen molar-refractivity contribution >= 4 is 22.8 Å². The van der Waals surface area contributed by atoms with E-state index in [1.165, 1.54) is 0 Å². The lowest BCUT2D eigenvalue weighted by molar-refractivity contribution is 0.191. The van der Waals surface area contributed by atoms with E-state index in [0.717, 1.165) is 42.5 Å². The Labute approximate surface area is 137 Å². The molecule has 0 aliphatic carbocycles. The van der Waals surface area contributed by atoms with Crippen molar-refractivity contribution in [2.24, 2.45) is 10.7 Å². The Hall–Kier alpha value is -2.21. The normalized spacial score (nSPS) is 17.6. The van der Waals surface area contributed by atoms with Crippen molar-refractivity contribution in [1.82, 2.24) is 19.8 Å². The Balaban J connectivity index is 1.82. The Kier molecular flexibility index (Phi) is 4.43. The van der Waals surface area contributed by atoms with Crippen LogP contribution >= 0.6 is 0 Å². The van der Waals surface area contributed by atoms with Crippen molar-refractivity contribution in [1.29, 1.82) is 0 Å². The Morgan fingerprint density at radius 2 is 1.96 bits per heavy atom. The summed E-state index contributed by atoms with van der Waals surface area (Å²) in [6.07, 6.45) is 2.20. The molecule has 2 heterocycles. The van der Waals surface area contributed by atoms with Crippen molar-refractivity contribution in [3.8, 4) is 0 Å². The fourth-order valence-corrected chi connectivity index (χ4v) is 3.02. The molecule has 1 saturated heterocycles. The molecule has 0 saturated carbocycles. The zero-order chi connectivity index (χ0) is 16.4. The van der Waals surface area contributed by atoms with Gasteiger partial charge in [0.1, 0.15) is 0 Å². The van der Waals surface area contributed by atoms with E-state index in [1.807, 2.05) is 38.2 Å². The second kappa shape index (κ2) is 6.50. The highest BCUT2D eigenvalue weighted by Crippen LogP contribution is 2.19. The lowest BCUT2D eigenvalue weighted by Crippen LogP contribution is -2.47. The van der Waals surface area contributed by atoms with Gasteiger partial charge in [-0.25, -0.2) is 9.97 Å². The molecule has 23 heavy (non-hydrogen) atoms. The number of nitrogens with zero attached hydrogens (tertiary/aromatic N) is 5. The number of rotatable bonds is 2. The zero-order valence-corrected chi connectivity index (χ0v) is 14.0. The van der Waals surface area contributed by atoms with Crippen LogP contribution in [0.2, 0.25) is 0 Å². The molecule has 1 aromatic heterocycles. The molecule has 0 radical (unpaired) electrons. The molecule has 3 rings (SSSR count). The van der Waals surface area contributed by atoms with E-state index in [0.29, 0.717) is 17.9 Å². The first-order valence-electron chi connectivity index (χ1n) is 8.03. The number of likely N-dealkylation sites (tertiary alicyclic amines) is 1. The number of nitrogens with two attached hydrogens (primary N) is 1. The summed E-state index contributed by atoms with van der Waals surface area (Å²) >= 11 is 0. The molecule has 0 spiro atoms. The molecule has 0 unspecified atom stereocenters. The molecule has 1 aromatic carbocycles. The highest BCUT2D eigenvalue weighted by molar-refractivity contribution is 5.83. The van der Waals surface area contributed by atoms with Gasteiger partial charge in [-0.3, -0.25) is 0 Å². The van der Waals surface area contributed by atoms with Crippen LogP contribution in [0.15, 0.2) is 29.3 Å². The van der Waals surface area contributed by atoms with Gasteiger partial charge in [-0.15, -0.1) is 0 Å². The van der Waals surface area contributed by atoms with Gasteiger partial charge in [0, 0.05) is 18.5 Å². The van der Waals surface area contributed by atoms with Crippen LogP contribution in [0.1, 0.15) is 18.5 Å². The quantitative estimate of drug-likeness (QED) is 0.677. The second-order valence-electron chi connectivity index (χ2n) is 6.24. The number of aliphatic imine (C=N–C) groups is 1. The lowest BCUT2D eigenvalue weighted by Gasteiger charge is -2.35. The van der Waals surface area contributed by atoms with E-state index in [2.05, 4.69) is 31.8 Å². The molecule has 6 nitrogen and oxygen atoms in total. The summed E-state index contributed by atoms with van der Waals surface area (Å²) in [5.74, 6) is 0.910. The summed E-state index contributed by atoms with van der Waals surface area (Å²) in [6.45, 7) is 4.15. The maximum absolute atomic E-state index is 6.19. The first-order chi connectivity index (χ1) is 11.0. The van der Waals surface area contributed by atoms with Crippen molar-refractivity contribution < 1.29 is 0 Å². The van der Waals surface area contributed by atoms with Gasteiger partial charge in [-0.1, -0.05) is 18.2 Å². The molecule has 0 bridgehead atoms. The van der Waals surface area contributed by atoms with Gasteiger partial charge in [-0.2, -0.15) is 4.99 Å². The van der Waals surface area contributed by atoms with E-state index in [1.54, 1.807) is 0 Å². The largest absolute Gasteiger partial charge is 0.369 e. The van der Waals surface area contributed by atoms with E-state index < -0.39 is 0 Å². The van der Waals surface area contributed by atoms with Crippen LogP contribution in [-0.2, 0) is 0 Å². The van der Waals surface area contributed by atoms with Crippen LogP contribution in [0.3, 0.4) is 0 Å². The van der Waals surface area contributed by atoms with Crippen molar-refractivity contribution in [2.45, 2.75) is 25.8 Å². The lowest BCUT2D eigenvalue weighted by atomic mass is 10.0. The number of aromatic nitrogens is 2. The van der Waals surface area contributed by atoms with E-state index in [9.17, 15) is 0 Å². The van der Waals surface area contributed by atoms with Gasteiger partial charge in [-0.05, 0) is 46.0 Å². The second-order valence-corrected chi connectivity index (χ2v) is 6.24. The van der Waals surface area contributed by atoms with Crippen LogP contribution in [0.4, 0.5) is 5.95 Å². The average molecular weight is 312 g/mol. The number of guanidine groups is 1. The molecule has 1 fully saturated rings. The highest BCUT2D eigenvalue weighted by Gasteiger charge is 2.22.